The summed E-state index contributed by atoms with van der Waals surface area (Å²) in [5.74, 6) is 0.446. The number of amides is 1. The standard InChI is InChI=1S/C11H21NO2.C2H6/c1-8(2)12-10(13)11(14)6-4-9(3)5-7-11;1-2/h8-9,14H,4-7H2,1-3H3,(H,12,13);1-2H3. The van der Waals surface area contributed by atoms with Gasteiger partial charge in [0.1, 0.15) is 5.60 Å². The Hall–Kier alpha value is -0.570. The van der Waals surface area contributed by atoms with Crippen molar-refractivity contribution in [2.45, 2.75) is 71.9 Å². The predicted molar refractivity (Wildman–Crippen MR) is 67.2 cm³/mol. The molecule has 96 valence electrons. The van der Waals surface area contributed by atoms with E-state index in [1.165, 1.54) is 0 Å². The Morgan fingerprint density at radius 2 is 1.75 bits per heavy atom. The van der Waals surface area contributed by atoms with Crippen molar-refractivity contribution in [2.24, 2.45) is 5.92 Å². The van der Waals surface area contributed by atoms with Gasteiger partial charge in [-0.3, -0.25) is 4.79 Å². The number of nitrogens with one attached hydrogen (secondary N) is 1. The topological polar surface area (TPSA) is 49.3 Å². The van der Waals surface area contributed by atoms with Crippen LogP contribution in [0, 0.1) is 5.92 Å². The summed E-state index contributed by atoms with van der Waals surface area (Å²) in [5.41, 5.74) is -1.10. The number of hydrogen-bond donors (Lipinski definition) is 2. The van der Waals surface area contributed by atoms with Crippen LogP contribution in [0.3, 0.4) is 0 Å². The fraction of sp³-hybridized carbons (Fsp3) is 0.923. The minimum absolute atomic E-state index is 0.103. The van der Waals surface area contributed by atoms with Crippen molar-refractivity contribution in [3.05, 3.63) is 0 Å². The second kappa shape index (κ2) is 6.89. The molecule has 1 fully saturated rings. The average molecular weight is 229 g/mol. The monoisotopic (exact) mass is 229 g/mol. The van der Waals surface area contributed by atoms with Gasteiger partial charge in [-0.2, -0.15) is 0 Å². The molecule has 1 saturated carbocycles. The maximum Gasteiger partial charge on any atom is 0.252 e. The van der Waals surface area contributed by atoms with Crippen LogP contribution in [0.25, 0.3) is 0 Å². The van der Waals surface area contributed by atoms with E-state index in [2.05, 4.69) is 12.2 Å². The van der Waals surface area contributed by atoms with Crippen LogP contribution in [0.15, 0.2) is 0 Å². The largest absolute Gasteiger partial charge is 0.380 e. The molecule has 0 atom stereocenters. The molecule has 1 rings (SSSR count). The third-order valence-corrected chi connectivity index (χ3v) is 2.94. The molecule has 0 spiro atoms. The highest BCUT2D eigenvalue weighted by Gasteiger charge is 2.38. The van der Waals surface area contributed by atoms with Crippen LogP contribution < -0.4 is 5.32 Å². The Balaban J connectivity index is 0.00000106. The molecule has 0 aromatic rings. The van der Waals surface area contributed by atoms with Gasteiger partial charge in [-0.05, 0) is 45.4 Å². The molecule has 0 bridgehead atoms. The summed E-state index contributed by atoms with van der Waals surface area (Å²) in [4.78, 5) is 11.7. The third kappa shape index (κ3) is 4.52. The lowest BCUT2D eigenvalue weighted by molar-refractivity contribution is -0.144. The van der Waals surface area contributed by atoms with E-state index in [1.807, 2.05) is 27.7 Å². The van der Waals surface area contributed by atoms with Crippen molar-refractivity contribution >= 4 is 5.91 Å². The van der Waals surface area contributed by atoms with Crippen LogP contribution in [0.4, 0.5) is 0 Å². The molecule has 0 aromatic heterocycles. The molecule has 3 nitrogen and oxygen atoms in total. The van der Waals surface area contributed by atoms with E-state index in [0.717, 1.165) is 12.8 Å². The fourth-order valence-corrected chi connectivity index (χ4v) is 1.86. The zero-order chi connectivity index (χ0) is 12.8. The van der Waals surface area contributed by atoms with Crippen molar-refractivity contribution in [2.75, 3.05) is 0 Å². The summed E-state index contributed by atoms with van der Waals surface area (Å²) < 4.78 is 0. The maximum absolute atomic E-state index is 11.7. The highest BCUT2D eigenvalue weighted by molar-refractivity contribution is 5.85. The van der Waals surface area contributed by atoms with Crippen molar-refractivity contribution < 1.29 is 9.90 Å². The molecule has 0 saturated heterocycles. The number of rotatable bonds is 2. The Morgan fingerprint density at radius 1 is 1.31 bits per heavy atom. The molecular formula is C13H27NO2. The summed E-state index contributed by atoms with van der Waals surface area (Å²) >= 11 is 0. The molecule has 0 radical (unpaired) electrons. The Labute approximate surface area is 99.6 Å². The lowest BCUT2D eigenvalue weighted by atomic mass is 9.79. The number of hydrogen-bond acceptors (Lipinski definition) is 2. The zero-order valence-corrected chi connectivity index (χ0v) is 11.3. The molecule has 3 heteroatoms. The van der Waals surface area contributed by atoms with Crippen LogP contribution in [0.2, 0.25) is 0 Å². The molecular weight excluding hydrogens is 202 g/mol. The van der Waals surface area contributed by atoms with Crippen molar-refractivity contribution in [1.29, 1.82) is 0 Å². The maximum atomic E-state index is 11.7. The van der Waals surface area contributed by atoms with E-state index in [-0.39, 0.29) is 11.9 Å². The van der Waals surface area contributed by atoms with Crippen LogP contribution >= 0.6 is 0 Å². The molecule has 1 aliphatic carbocycles. The quantitative estimate of drug-likeness (QED) is 0.764. The number of carbonyl (C=O) groups is 1. The Morgan fingerprint density at radius 3 is 2.12 bits per heavy atom. The minimum Gasteiger partial charge on any atom is -0.380 e. The predicted octanol–water partition coefficient (Wildman–Crippen LogP) is 2.48. The number of carbonyl (C=O) groups excluding carboxylic acids is 1. The SMILES string of the molecule is CC.CC1CCC(O)(C(=O)NC(C)C)CC1. The lowest BCUT2D eigenvalue weighted by Crippen LogP contribution is -2.50. The zero-order valence-electron chi connectivity index (χ0n) is 11.3. The van der Waals surface area contributed by atoms with Crippen molar-refractivity contribution in [1.82, 2.24) is 5.32 Å². The highest BCUT2D eigenvalue weighted by atomic mass is 16.3. The van der Waals surface area contributed by atoms with Crippen molar-refractivity contribution in [3.63, 3.8) is 0 Å². The van der Waals surface area contributed by atoms with E-state index in [0.29, 0.717) is 18.8 Å². The van der Waals surface area contributed by atoms with E-state index < -0.39 is 5.60 Å². The van der Waals surface area contributed by atoms with Gasteiger partial charge in [0.05, 0.1) is 0 Å². The van der Waals surface area contributed by atoms with Crippen molar-refractivity contribution in [3.8, 4) is 0 Å². The van der Waals surface area contributed by atoms with Gasteiger partial charge in [0.15, 0.2) is 0 Å². The first-order valence-electron chi connectivity index (χ1n) is 6.47. The average Bonchev–Trinajstić information content (AvgIpc) is 2.24. The molecule has 1 amide bonds. The van der Waals surface area contributed by atoms with Crippen LogP contribution in [0.5, 0.6) is 0 Å². The number of aliphatic hydroxyl groups is 1. The van der Waals surface area contributed by atoms with Crippen LogP contribution in [-0.2, 0) is 4.79 Å². The van der Waals surface area contributed by atoms with Gasteiger partial charge in [0.25, 0.3) is 5.91 Å². The third-order valence-electron chi connectivity index (χ3n) is 2.94. The molecule has 0 aromatic carbocycles. The highest BCUT2D eigenvalue weighted by Crippen LogP contribution is 2.31. The van der Waals surface area contributed by atoms with E-state index in [9.17, 15) is 9.90 Å². The Kier molecular flexibility index (Phi) is 6.65. The van der Waals surface area contributed by atoms with Gasteiger partial charge in [0, 0.05) is 6.04 Å². The summed E-state index contributed by atoms with van der Waals surface area (Å²) in [5, 5.41) is 12.9. The second-order valence-electron chi connectivity index (χ2n) is 4.84. The van der Waals surface area contributed by atoms with Crippen LogP contribution in [-0.4, -0.2) is 22.7 Å². The van der Waals surface area contributed by atoms with Gasteiger partial charge in [-0.15, -0.1) is 0 Å². The fourth-order valence-electron chi connectivity index (χ4n) is 1.86. The molecule has 0 aliphatic heterocycles. The van der Waals surface area contributed by atoms with E-state index >= 15 is 0 Å². The van der Waals surface area contributed by atoms with Gasteiger partial charge in [-0.25, -0.2) is 0 Å². The smallest absolute Gasteiger partial charge is 0.252 e. The molecule has 16 heavy (non-hydrogen) atoms. The first kappa shape index (κ1) is 15.4. The summed E-state index contributed by atoms with van der Waals surface area (Å²) in [6, 6.07) is 0.103. The summed E-state index contributed by atoms with van der Waals surface area (Å²) in [6.45, 7) is 9.99. The normalized spacial score (nSPS) is 29.3. The molecule has 1 aliphatic rings. The van der Waals surface area contributed by atoms with E-state index in [4.69, 9.17) is 0 Å². The lowest BCUT2D eigenvalue weighted by Gasteiger charge is -2.34. The summed E-state index contributed by atoms with van der Waals surface area (Å²) in [6.07, 6.45) is 3.10. The first-order valence-corrected chi connectivity index (χ1v) is 6.47. The Bertz CT molecular complexity index is 206. The van der Waals surface area contributed by atoms with E-state index in [1.54, 1.807) is 0 Å². The van der Waals surface area contributed by atoms with Gasteiger partial charge in [0.2, 0.25) is 0 Å². The molecule has 2 N–H and O–H groups in total. The first-order chi connectivity index (χ1) is 7.44. The molecule has 0 unspecified atom stereocenters. The van der Waals surface area contributed by atoms with Gasteiger partial charge < -0.3 is 10.4 Å². The van der Waals surface area contributed by atoms with Gasteiger partial charge >= 0.3 is 0 Å². The minimum atomic E-state index is -1.10. The van der Waals surface area contributed by atoms with Crippen LogP contribution in [0.1, 0.15) is 60.3 Å². The molecule has 0 heterocycles. The van der Waals surface area contributed by atoms with Gasteiger partial charge in [-0.1, -0.05) is 20.8 Å². The second-order valence-corrected chi connectivity index (χ2v) is 4.84. The summed E-state index contributed by atoms with van der Waals surface area (Å²) in [7, 11) is 0.